The average Bonchev–Trinajstić information content (AvgIpc) is 2.72. The molecule has 0 N–H and O–H groups in total. The van der Waals surface area contributed by atoms with Crippen molar-refractivity contribution >= 4 is 22.6 Å². The first-order valence-electron chi connectivity index (χ1n) is 6.40. The highest BCUT2D eigenvalue weighted by Gasteiger charge is 2.38. The van der Waals surface area contributed by atoms with Gasteiger partial charge in [0.25, 0.3) is 10.1 Å². The molecule has 4 nitrogen and oxygen atoms in total. The van der Waals surface area contributed by atoms with Crippen LogP contribution in [-0.2, 0) is 18.9 Å². The van der Waals surface area contributed by atoms with Gasteiger partial charge in [0.2, 0.25) is 0 Å². The lowest BCUT2D eigenvalue weighted by Gasteiger charge is -2.20. The molecule has 19 heavy (non-hydrogen) atoms. The second-order valence-electron chi connectivity index (χ2n) is 4.97. The van der Waals surface area contributed by atoms with Crippen molar-refractivity contribution in [3.63, 3.8) is 0 Å². The van der Waals surface area contributed by atoms with Crippen molar-refractivity contribution < 1.29 is 17.2 Å². The Morgan fingerprint density at radius 1 is 1.32 bits per heavy atom. The Bertz CT molecular complexity index is 568. The summed E-state index contributed by atoms with van der Waals surface area (Å²) in [5.41, 5.74) is 0.0525. The van der Waals surface area contributed by atoms with E-state index in [2.05, 4.69) is 0 Å². The summed E-state index contributed by atoms with van der Waals surface area (Å²) in [5, 5.41) is 0.914. The van der Waals surface area contributed by atoms with E-state index in [1.54, 1.807) is 0 Å². The fourth-order valence-electron chi connectivity index (χ4n) is 2.66. The number of rotatable bonds is 5. The number of hydrogen-bond acceptors (Lipinski definition) is 4. The molecule has 0 aliphatic carbocycles. The Morgan fingerprint density at radius 3 is 2.63 bits per heavy atom. The van der Waals surface area contributed by atoms with Gasteiger partial charge in [0.1, 0.15) is 7.14 Å². The molecule has 1 aliphatic heterocycles. The minimum Gasteiger partial charge on any atom is -0.318 e. The molecule has 2 rings (SSSR count). The van der Waals surface area contributed by atoms with Gasteiger partial charge in [-0.2, -0.15) is 8.42 Å². The molecule has 1 aromatic carbocycles. The fourth-order valence-corrected chi connectivity index (χ4v) is 6.56. The molecule has 1 unspecified atom stereocenters. The van der Waals surface area contributed by atoms with Crippen molar-refractivity contribution in [2.24, 2.45) is 0 Å². The van der Waals surface area contributed by atoms with Crippen molar-refractivity contribution in [1.82, 2.24) is 0 Å². The zero-order valence-corrected chi connectivity index (χ0v) is 12.7. The minimum atomic E-state index is -3.41. The summed E-state index contributed by atoms with van der Waals surface area (Å²) in [5.74, 6) is 0. The number of hydrogen-bond donors (Lipinski definition) is 0. The molecule has 106 valence electrons. The highest BCUT2D eigenvalue weighted by Crippen LogP contribution is 2.58. The first-order valence-corrected chi connectivity index (χ1v) is 10.2. The van der Waals surface area contributed by atoms with Gasteiger partial charge in [0.15, 0.2) is 0 Å². The van der Waals surface area contributed by atoms with E-state index in [4.69, 9.17) is 4.18 Å². The Morgan fingerprint density at radius 2 is 2.00 bits per heavy atom. The van der Waals surface area contributed by atoms with Gasteiger partial charge in [-0.15, -0.1) is 0 Å². The molecule has 1 heterocycles. The molecule has 1 saturated heterocycles. The van der Waals surface area contributed by atoms with E-state index in [-0.39, 0.29) is 12.3 Å². The van der Waals surface area contributed by atoms with Gasteiger partial charge < -0.3 is 4.57 Å². The van der Waals surface area contributed by atoms with Crippen molar-refractivity contribution in [2.45, 2.75) is 24.9 Å². The second kappa shape index (κ2) is 5.78. The summed E-state index contributed by atoms with van der Waals surface area (Å²) >= 11 is 0. The van der Waals surface area contributed by atoms with Crippen LogP contribution in [0.1, 0.15) is 19.3 Å². The third-order valence-corrected chi connectivity index (χ3v) is 8.00. The van der Waals surface area contributed by atoms with E-state index in [1.807, 2.05) is 30.3 Å². The first kappa shape index (κ1) is 14.8. The molecule has 0 bridgehead atoms. The molecule has 2 atom stereocenters. The minimum absolute atomic E-state index is 0.0525. The van der Waals surface area contributed by atoms with Crippen LogP contribution in [-0.4, -0.2) is 33.1 Å². The van der Waals surface area contributed by atoms with Gasteiger partial charge in [0, 0.05) is 17.1 Å². The smallest absolute Gasteiger partial charge is 0.264 e. The molecule has 1 aliphatic rings. The molecule has 6 heteroatoms. The highest BCUT2D eigenvalue weighted by molar-refractivity contribution is 7.86. The maximum absolute atomic E-state index is 13.1. The van der Waals surface area contributed by atoms with Crippen LogP contribution in [0.15, 0.2) is 30.3 Å². The third kappa shape index (κ3) is 3.68. The van der Waals surface area contributed by atoms with E-state index in [0.717, 1.165) is 30.6 Å². The van der Waals surface area contributed by atoms with E-state index in [9.17, 15) is 13.0 Å². The maximum Gasteiger partial charge on any atom is 0.264 e. The second-order valence-corrected chi connectivity index (χ2v) is 9.89. The van der Waals surface area contributed by atoms with Crippen LogP contribution in [0.3, 0.4) is 0 Å². The van der Waals surface area contributed by atoms with Crippen LogP contribution >= 0.6 is 7.14 Å². The summed E-state index contributed by atoms with van der Waals surface area (Å²) in [6.07, 6.45) is 4.13. The summed E-state index contributed by atoms with van der Waals surface area (Å²) in [6.45, 7) is 0.125. The predicted molar refractivity (Wildman–Crippen MR) is 77.0 cm³/mol. The van der Waals surface area contributed by atoms with E-state index < -0.39 is 17.3 Å². The zero-order chi connectivity index (χ0) is 13.9. The molecular formula is C13H19O4PS. The van der Waals surface area contributed by atoms with Crippen molar-refractivity contribution in [3.05, 3.63) is 30.3 Å². The molecule has 0 amide bonds. The van der Waals surface area contributed by atoms with Crippen molar-refractivity contribution in [3.8, 4) is 0 Å². The fraction of sp³-hybridized carbons (Fsp3) is 0.538. The summed E-state index contributed by atoms with van der Waals surface area (Å²) < 4.78 is 39.8. The van der Waals surface area contributed by atoms with Crippen LogP contribution in [0, 0.1) is 0 Å². The van der Waals surface area contributed by atoms with E-state index >= 15 is 0 Å². The Hall–Kier alpha value is -0.640. The average molecular weight is 302 g/mol. The van der Waals surface area contributed by atoms with Gasteiger partial charge in [-0.3, -0.25) is 4.18 Å². The monoisotopic (exact) mass is 302 g/mol. The van der Waals surface area contributed by atoms with E-state index in [1.165, 1.54) is 0 Å². The highest BCUT2D eigenvalue weighted by atomic mass is 32.2. The standard InChI is InChI=1S/C13H19O4PS/c1-19(15,16)17-10-9-13-8-5-11-18(13,14)12-6-3-2-4-7-12/h2-4,6-7,13H,5,8-11H2,1H3/t13?,18-/m0/s1. The lowest BCUT2D eigenvalue weighted by atomic mass is 10.2. The lowest BCUT2D eigenvalue weighted by molar-refractivity contribution is 0.312. The Balaban J connectivity index is 2.07. The molecular weight excluding hydrogens is 283 g/mol. The topological polar surface area (TPSA) is 60.4 Å². The molecule has 0 saturated carbocycles. The molecule has 1 fully saturated rings. The van der Waals surface area contributed by atoms with Gasteiger partial charge in [-0.1, -0.05) is 30.3 Å². The predicted octanol–water partition coefficient (Wildman–Crippen LogP) is 2.20. The van der Waals surface area contributed by atoms with Gasteiger partial charge in [-0.05, 0) is 19.3 Å². The lowest BCUT2D eigenvalue weighted by Crippen LogP contribution is -2.17. The van der Waals surface area contributed by atoms with Crippen LogP contribution in [0.4, 0.5) is 0 Å². The maximum atomic E-state index is 13.1. The van der Waals surface area contributed by atoms with E-state index in [0.29, 0.717) is 6.42 Å². The largest absolute Gasteiger partial charge is 0.318 e. The quantitative estimate of drug-likeness (QED) is 0.618. The molecule has 0 radical (unpaired) electrons. The SMILES string of the molecule is CS(=O)(=O)OCCC1CCC[P@]1(=O)c1ccccc1. The number of benzene rings is 1. The normalized spacial score (nSPS) is 27.5. The Labute approximate surface area is 114 Å². The van der Waals surface area contributed by atoms with Crippen LogP contribution < -0.4 is 5.30 Å². The molecule has 0 spiro atoms. The molecule has 0 aromatic heterocycles. The zero-order valence-electron chi connectivity index (χ0n) is 11.0. The molecule has 1 aromatic rings. The van der Waals surface area contributed by atoms with Crippen molar-refractivity contribution in [2.75, 3.05) is 19.0 Å². The van der Waals surface area contributed by atoms with Crippen LogP contribution in [0.5, 0.6) is 0 Å². The van der Waals surface area contributed by atoms with Crippen LogP contribution in [0.2, 0.25) is 0 Å². The Kier molecular flexibility index (Phi) is 4.49. The summed E-state index contributed by atoms with van der Waals surface area (Å²) in [7, 11) is -5.80. The third-order valence-electron chi connectivity index (χ3n) is 3.56. The van der Waals surface area contributed by atoms with Gasteiger partial charge >= 0.3 is 0 Å². The first-order chi connectivity index (χ1) is 8.92. The van der Waals surface area contributed by atoms with Crippen LogP contribution in [0.25, 0.3) is 0 Å². The van der Waals surface area contributed by atoms with Crippen molar-refractivity contribution in [1.29, 1.82) is 0 Å². The summed E-state index contributed by atoms with van der Waals surface area (Å²) in [4.78, 5) is 0. The van der Waals surface area contributed by atoms with Gasteiger partial charge in [0.05, 0.1) is 12.9 Å². The summed E-state index contributed by atoms with van der Waals surface area (Å²) in [6, 6.07) is 9.54. The van der Waals surface area contributed by atoms with Gasteiger partial charge in [-0.25, -0.2) is 0 Å².